The third-order valence-electron chi connectivity index (χ3n) is 0.958. The fourth-order valence-electron chi connectivity index (χ4n) is 0.498. The Hall–Kier alpha value is -0.0500. The van der Waals surface area contributed by atoms with Gasteiger partial charge in [-0.05, 0) is 6.07 Å². The Labute approximate surface area is 69.6 Å². The highest BCUT2D eigenvalue weighted by molar-refractivity contribution is 6.32. The molecule has 0 atom stereocenters. The summed E-state index contributed by atoms with van der Waals surface area (Å²) >= 11 is 5.65. The fourth-order valence-corrected chi connectivity index (χ4v) is 0.634. The molecule has 0 fully saturated rings. The second-order valence-electron chi connectivity index (χ2n) is 1.59. The topological polar surface area (TPSA) is 27.6 Å². The van der Waals surface area contributed by atoms with Gasteiger partial charge in [0.05, 0.1) is 0 Å². The van der Waals surface area contributed by atoms with Gasteiger partial charge >= 0.3 is 0 Å². The molecule has 0 radical (unpaired) electrons. The highest BCUT2D eigenvalue weighted by Crippen LogP contribution is 2.13. The zero-order valence-corrected chi connectivity index (χ0v) is 7.11. The zero-order valence-electron chi connectivity index (χ0n) is 4.77. The van der Waals surface area contributed by atoms with Gasteiger partial charge in [-0.15, -0.1) is 0 Å². The molecule has 0 saturated heterocycles. The summed E-state index contributed by atoms with van der Waals surface area (Å²) in [5.74, 6) is 0. The van der Waals surface area contributed by atoms with E-state index in [4.69, 9.17) is 11.6 Å². The molecule has 0 aliphatic heterocycles. The van der Waals surface area contributed by atoms with Gasteiger partial charge in [-0.3, -0.25) is 0 Å². The van der Waals surface area contributed by atoms with E-state index in [2.05, 4.69) is 5.73 Å². The third-order valence-corrected chi connectivity index (χ3v) is 1.33. The van der Waals surface area contributed by atoms with Crippen LogP contribution in [0.2, 0.25) is 5.02 Å². The standard InChI is InChI=1S/C6H6ClN.BrH/c7-5-3-1-2-4-6(5)8;/h1-4H,8H2;1H. The fraction of sp³-hybridized carbons (Fsp3) is 0. The normalized spacial score (nSPS) is 8.22. The van der Waals surface area contributed by atoms with Gasteiger partial charge in [-0.1, -0.05) is 23.7 Å². The summed E-state index contributed by atoms with van der Waals surface area (Å²) in [7, 11) is 0. The van der Waals surface area contributed by atoms with Crippen molar-refractivity contribution in [3.8, 4) is 0 Å². The highest BCUT2D eigenvalue weighted by atomic mass is 79.9. The maximum Gasteiger partial charge on any atom is 0.146 e. The van der Waals surface area contributed by atoms with Gasteiger partial charge in [0.1, 0.15) is 10.7 Å². The molecule has 0 aromatic heterocycles. The molecular formula is C6H7BrClN. The van der Waals surface area contributed by atoms with Crippen LogP contribution in [0, 0.1) is 0 Å². The van der Waals surface area contributed by atoms with E-state index >= 15 is 0 Å². The van der Waals surface area contributed by atoms with E-state index < -0.39 is 0 Å². The van der Waals surface area contributed by atoms with Crippen LogP contribution in [0.25, 0.3) is 0 Å². The smallest absolute Gasteiger partial charge is 0.146 e. The van der Waals surface area contributed by atoms with Crippen molar-refractivity contribution in [2.45, 2.75) is 0 Å². The summed E-state index contributed by atoms with van der Waals surface area (Å²) in [5, 5.41) is 0.729. The van der Waals surface area contributed by atoms with Gasteiger partial charge in [-0.2, -0.15) is 0 Å². The number of hydrogen-bond acceptors (Lipinski definition) is 0. The molecule has 1 aromatic carbocycles. The van der Waals surface area contributed by atoms with Crippen LogP contribution in [-0.4, -0.2) is 0 Å². The van der Waals surface area contributed by atoms with Crippen molar-refractivity contribution >= 4 is 17.3 Å². The highest BCUT2D eigenvalue weighted by Gasteiger charge is 1.91. The number of hydrogen-bond donors (Lipinski definition) is 1. The van der Waals surface area contributed by atoms with E-state index in [1.807, 2.05) is 24.3 Å². The quantitative estimate of drug-likeness (QED) is 0.522. The van der Waals surface area contributed by atoms with Crippen LogP contribution in [-0.2, 0) is 0 Å². The van der Waals surface area contributed by atoms with Gasteiger partial charge in [0.15, 0.2) is 0 Å². The van der Waals surface area contributed by atoms with Gasteiger partial charge < -0.3 is 22.7 Å². The monoisotopic (exact) mass is 207 g/mol. The molecule has 1 rings (SSSR count). The summed E-state index contributed by atoms with van der Waals surface area (Å²) in [6.07, 6.45) is 0. The molecular weight excluding hydrogens is 201 g/mol. The summed E-state index contributed by atoms with van der Waals surface area (Å²) in [4.78, 5) is 0. The molecule has 0 spiro atoms. The first kappa shape index (κ1) is 8.95. The minimum Gasteiger partial charge on any atom is -1.00 e. The lowest BCUT2D eigenvalue weighted by molar-refractivity contribution is -0.254. The maximum absolute atomic E-state index is 5.65. The predicted octanol–water partition coefficient (Wildman–Crippen LogP) is -1.78. The third kappa shape index (κ3) is 2.35. The summed E-state index contributed by atoms with van der Waals surface area (Å²) in [6.45, 7) is 0. The summed E-state index contributed by atoms with van der Waals surface area (Å²) in [6, 6.07) is 7.50. The zero-order chi connectivity index (χ0) is 5.98. The van der Waals surface area contributed by atoms with Crippen LogP contribution in [0.3, 0.4) is 0 Å². The van der Waals surface area contributed by atoms with E-state index in [0.717, 1.165) is 10.7 Å². The summed E-state index contributed by atoms with van der Waals surface area (Å²) < 4.78 is 0. The van der Waals surface area contributed by atoms with Crippen LogP contribution in [0.1, 0.15) is 0 Å². The molecule has 50 valence electrons. The molecule has 1 aromatic rings. The first-order chi connectivity index (χ1) is 3.80. The lowest BCUT2D eigenvalue weighted by atomic mass is 10.3. The first-order valence-electron chi connectivity index (χ1n) is 2.37. The summed E-state index contributed by atoms with van der Waals surface area (Å²) in [5.41, 5.74) is 4.57. The van der Waals surface area contributed by atoms with E-state index in [1.165, 1.54) is 0 Å². The SMILES string of the molecule is [Br-].[NH3+]c1ccccc1Cl. The van der Waals surface area contributed by atoms with Crippen molar-refractivity contribution in [1.29, 1.82) is 0 Å². The van der Waals surface area contributed by atoms with Crippen LogP contribution in [0.15, 0.2) is 24.3 Å². The minimum absolute atomic E-state index is 0. The van der Waals surface area contributed by atoms with Gasteiger partial charge in [0.25, 0.3) is 0 Å². The van der Waals surface area contributed by atoms with Crippen molar-refractivity contribution < 1.29 is 22.7 Å². The largest absolute Gasteiger partial charge is 1.00 e. The number of benzene rings is 1. The molecule has 0 heterocycles. The van der Waals surface area contributed by atoms with E-state index in [9.17, 15) is 0 Å². The van der Waals surface area contributed by atoms with Crippen LogP contribution >= 0.6 is 11.6 Å². The molecule has 0 unspecified atom stereocenters. The predicted molar refractivity (Wildman–Crippen MR) is 34.0 cm³/mol. The molecule has 0 saturated carbocycles. The van der Waals surface area contributed by atoms with Crippen molar-refractivity contribution in [1.82, 2.24) is 0 Å². The number of rotatable bonds is 0. The average molecular weight is 208 g/mol. The second kappa shape index (κ2) is 3.88. The lowest BCUT2D eigenvalue weighted by Crippen LogP contribution is -3.00. The molecule has 3 heteroatoms. The van der Waals surface area contributed by atoms with Crippen molar-refractivity contribution in [3.63, 3.8) is 0 Å². The Kier molecular flexibility index (Phi) is 3.86. The van der Waals surface area contributed by atoms with Crippen molar-refractivity contribution in [2.24, 2.45) is 0 Å². The molecule has 9 heavy (non-hydrogen) atoms. The van der Waals surface area contributed by atoms with Gasteiger partial charge in [-0.25, -0.2) is 0 Å². The van der Waals surface area contributed by atoms with E-state index in [-0.39, 0.29) is 17.0 Å². The van der Waals surface area contributed by atoms with E-state index in [0.29, 0.717) is 0 Å². The van der Waals surface area contributed by atoms with Crippen molar-refractivity contribution in [2.75, 3.05) is 0 Å². The second-order valence-corrected chi connectivity index (χ2v) is 2.00. The first-order valence-corrected chi connectivity index (χ1v) is 2.75. The molecule has 3 N–H and O–H groups in total. The Balaban J connectivity index is 0.000000640. The van der Waals surface area contributed by atoms with Gasteiger partial charge in [0.2, 0.25) is 0 Å². The Morgan fingerprint density at radius 3 is 2.11 bits per heavy atom. The maximum atomic E-state index is 5.65. The average Bonchev–Trinajstić information content (AvgIpc) is 1.77. The minimum atomic E-state index is 0. The Morgan fingerprint density at radius 2 is 1.78 bits per heavy atom. The molecule has 0 amide bonds. The van der Waals surface area contributed by atoms with Gasteiger partial charge in [0, 0.05) is 6.07 Å². The van der Waals surface area contributed by atoms with E-state index in [1.54, 1.807) is 0 Å². The van der Waals surface area contributed by atoms with Crippen molar-refractivity contribution in [3.05, 3.63) is 29.3 Å². The lowest BCUT2D eigenvalue weighted by Gasteiger charge is -1.86. The van der Waals surface area contributed by atoms with Crippen LogP contribution < -0.4 is 22.7 Å². The Bertz CT molecular complexity index is 169. The molecule has 0 aliphatic carbocycles. The number of quaternary nitrogens is 1. The molecule has 0 aliphatic rings. The Morgan fingerprint density at radius 1 is 1.22 bits per heavy atom. The molecule has 1 nitrogen and oxygen atoms in total. The number of halogens is 2. The van der Waals surface area contributed by atoms with Crippen LogP contribution in [0.5, 0.6) is 0 Å². The molecule has 0 bridgehead atoms. The van der Waals surface area contributed by atoms with Crippen LogP contribution in [0.4, 0.5) is 5.69 Å².